The normalized spacial score (nSPS) is 21.1. The standard InChI is InChI=1S/C19H25NO4/c21-18(22)8-11-20(15-9-12-24-13-10-15)19(23)17-7-3-5-14-4-1-2-6-16(14)17/h1-2,4,6,15,17H,3,5,7-13H2,(H,21,22). The third-order valence-electron chi connectivity index (χ3n) is 5.15. The first-order valence-corrected chi connectivity index (χ1v) is 8.84. The predicted molar refractivity (Wildman–Crippen MR) is 89.9 cm³/mol. The number of aryl methyl sites for hydroxylation is 1. The first-order valence-electron chi connectivity index (χ1n) is 8.84. The summed E-state index contributed by atoms with van der Waals surface area (Å²) in [4.78, 5) is 26.1. The minimum absolute atomic E-state index is 0.00252. The van der Waals surface area contributed by atoms with E-state index < -0.39 is 5.97 Å². The van der Waals surface area contributed by atoms with Gasteiger partial charge >= 0.3 is 5.97 Å². The number of hydrogen-bond acceptors (Lipinski definition) is 3. The lowest BCUT2D eigenvalue weighted by atomic mass is 9.81. The lowest BCUT2D eigenvalue weighted by molar-refractivity contribution is -0.141. The van der Waals surface area contributed by atoms with E-state index in [0.29, 0.717) is 13.2 Å². The molecule has 3 rings (SSSR count). The SMILES string of the molecule is O=C(O)CCN(C(=O)C1CCCc2ccccc21)C1CCOCC1. The average Bonchev–Trinajstić information content (AvgIpc) is 2.62. The van der Waals surface area contributed by atoms with Crippen LogP contribution in [0.15, 0.2) is 24.3 Å². The van der Waals surface area contributed by atoms with Crippen molar-refractivity contribution < 1.29 is 19.4 Å². The van der Waals surface area contributed by atoms with Crippen molar-refractivity contribution in [3.8, 4) is 0 Å². The molecule has 1 atom stereocenters. The first-order chi connectivity index (χ1) is 11.7. The highest BCUT2D eigenvalue weighted by Gasteiger charge is 2.33. The van der Waals surface area contributed by atoms with Crippen molar-refractivity contribution in [1.29, 1.82) is 0 Å². The van der Waals surface area contributed by atoms with Crippen LogP contribution in [0, 0.1) is 0 Å². The van der Waals surface area contributed by atoms with Crippen LogP contribution in [-0.4, -0.2) is 47.7 Å². The van der Waals surface area contributed by atoms with Gasteiger partial charge in [-0.1, -0.05) is 24.3 Å². The third-order valence-corrected chi connectivity index (χ3v) is 5.15. The van der Waals surface area contributed by atoms with E-state index in [9.17, 15) is 9.59 Å². The molecule has 1 aliphatic carbocycles. The second kappa shape index (κ2) is 7.79. The zero-order valence-corrected chi connectivity index (χ0v) is 13.9. The largest absolute Gasteiger partial charge is 0.481 e. The highest BCUT2D eigenvalue weighted by molar-refractivity contribution is 5.85. The molecule has 1 N–H and O–H groups in total. The Morgan fingerprint density at radius 2 is 1.92 bits per heavy atom. The van der Waals surface area contributed by atoms with E-state index in [0.717, 1.165) is 37.7 Å². The molecule has 1 aliphatic heterocycles. The molecular formula is C19H25NO4. The van der Waals surface area contributed by atoms with E-state index in [1.54, 1.807) is 0 Å². The van der Waals surface area contributed by atoms with Gasteiger partial charge in [0.25, 0.3) is 0 Å². The summed E-state index contributed by atoms with van der Waals surface area (Å²) in [5, 5.41) is 9.05. The van der Waals surface area contributed by atoms with E-state index in [4.69, 9.17) is 9.84 Å². The van der Waals surface area contributed by atoms with Crippen LogP contribution in [0.3, 0.4) is 0 Å². The van der Waals surface area contributed by atoms with Gasteiger partial charge in [0.05, 0.1) is 12.3 Å². The van der Waals surface area contributed by atoms with Crippen molar-refractivity contribution >= 4 is 11.9 Å². The smallest absolute Gasteiger partial charge is 0.305 e. The zero-order chi connectivity index (χ0) is 16.9. The summed E-state index contributed by atoms with van der Waals surface area (Å²) in [5.74, 6) is -0.897. The molecule has 1 aromatic carbocycles. The Hall–Kier alpha value is -1.88. The summed E-state index contributed by atoms with van der Waals surface area (Å²) >= 11 is 0. The van der Waals surface area contributed by atoms with Gasteiger partial charge in [-0.25, -0.2) is 0 Å². The van der Waals surface area contributed by atoms with Crippen LogP contribution in [0.1, 0.15) is 49.1 Å². The molecule has 0 aromatic heterocycles. The van der Waals surface area contributed by atoms with Crippen LogP contribution in [0.4, 0.5) is 0 Å². The minimum atomic E-state index is -0.857. The van der Waals surface area contributed by atoms with Crippen LogP contribution in [0.2, 0.25) is 0 Å². The van der Waals surface area contributed by atoms with Gasteiger partial charge in [-0.15, -0.1) is 0 Å². The Morgan fingerprint density at radius 1 is 1.17 bits per heavy atom. The van der Waals surface area contributed by atoms with Crippen LogP contribution < -0.4 is 0 Å². The van der Waals surface area contributed by atoms with Gasteiger partial charge in [0, 0.05) is 25.8 Å². The summed E-state index contributed by atoms with van der Waals surface area (Å²) in [6.45, 7) is 1.57. The van der Waals surface area contributed by atoms with Crippen molar-refractivity contribution in [3.63, 3.8) is 0 Å². The number of carbonyl (C=O) groups is 2. The molecule has 2 aliphatic rings. The molecule has 130 valence electrons. The van der Waals surface area contributed by atoms with Crippen LogP contribution in [0.25, 0.3) is 0 Å². The quantitative estimate of drug-likeness (QED) is 0.900. The second-order valence-corrected chi connectivity index (χ2v) is 6.66. The minimum Gasteiger partial charge on any atom is -0.481 e. The van der Waals surface area contributed by atoms with Gasteiger partial charge in [0.15, 0.2) is 0 Å². The Morgan fingerprint density at radius 3 is 2.67 bits per heavy atom. The average molecular weight is 331 g/mol. The fraction of sp³-hybridized carbons (Fsp3) is 0.579. The van der Waals surface area contributed by atoms with E-state index in [1.807, 2.05) is 17.0 Å². The third kappa shape index (κ3) is 3.78. The number of carboxylic acid groups (broad SMARTS) is 1. The van der Waals surface area contributed by atoms with Gasteiger partial charge < -0.3 is 14.7 Å². The molecule has 0 spiro atoms. The molecule has 1 saturated heterocycles. The second-order valence-electron chi connectivity index (χ2n) is 6.66. The number of fused-ring (bicyclic) bond motifs is 1. The number of carboxylic acids is 1. The van der Waals surface area contributed by atoms with Gasteiger partial charge in [0.2, 0.25) is 5.91 Å². The topological polar surface area (TPSA) is 66.8 Å². The summed E-state index contributed by atoms with van der Waals surface area (Å²) in [7, 11) is 0. The van der Waals surface area contributed by atoms with Gasteiger partial charge in [-0.3, -0.25) is 9.59 Å². The Labute approximate surface area is 142 Å². The number of aliphatic carboxylic acids is 1. The maximum Gasteiger partial charge on any atom is 0.305 e. The fourth-order valence-electron chi connectivity index (χ4n) is 3.90. The molecule has 1 heterocycles. The number of carbonyl (C=O) groups excluding carboxylic acids is 1. The van der Waals surface area contributed by atoms with Crippen molar-refractivity contribution in [2.24, 2.45) is 0 Å². The number of amides is 1. The molecule has 0 radical (unpaired) electrons. The molecule has 1 unspecified atom stereocenters. The first kappa shape index (κ1) is 17.0. The molecule has 5 nitrogen and oxygen atoms in total. The Balaban J connectivity index is 1.81. The lowest BCUT2D eigenvalue weighted by Gasteiger charge is -2.37. The highest BCUT2D eigenvalue weighted by atomic mass is 16.5. The molecular weight excluding hydrogens is 306 g/mol. The van der Waals surface area contributed by atoms with Crippen molar-refractivity contribution in [3.05, 3.63) is 35.4 Å². The maximum atomic E-state index is 13.3. The molecule has 5 heteroatoms. The summed E-state index contributed by atoms with van der Waals surface area (Å²) in [5.41, 5.74) is 2.38. The van der Waals surface area contributed by atoms with E-state index in [1.165, 1.54) is 5.56 Å². The predicted octanol–water partition coefficient (Wildman–Crippen LogP) is 2.59. The van der Waals surface area contributed by atoms with Crippen LogP contribution >= 0.6 is 0 Å². The lowest BCUT2D eigenvalue weighted by Crippen LogP contribution is -2.46. The van der Waals surface area contributed by atoms with Crippen molar-refractivity contribution in [2.45, 2.75) is 50.5 Å². The Bertz CT molecular complexity index is 595. The number of rotatable bonds is 5. The molecule has 1 amide bonds. The highest BCUT2D eigenvalue weighted by Crippen LogP contribution is 2.34. The van der Waals surface area contributed by atoms with Crippen LogP contribution in [0.5, 0.6) is 0 Å². The molecule has 0 saturated carbocycles. The molecule has 1 fully saturated rings. The summed E-state index contributed by atoms with van der Waals surface area (Å²) in [6.07, 6.45) is 4.46. The number of ether oxygens (including phenoxy) is 1. The summed E-state index contributed by atoms with van der Waals surface area (Å²) in [6, 6.07) is 8.26. The number of hydrogen-bond donors (Lipinski definition) is 1. The maximum absolute atomic E-state index is 13.3. The number of benzene rings is 1. The Kier molecular flexibility index (Phi) is 5.51. The van der Waals surface area contributed by atoms with Gasteiger partial charge in [0.1, 0.15) is 0 Å². The van der Waals surface area contributed by atoms with E-state index >= 15 is 0 Å². The van der Waals surface area contributed by atoms with E-state index in [2.05, 4.69) is 12.1 Å². The van der Waals surface area contributed by atoms with Gasteiger partial charge in [-0.05, 0) is 43.2 Å². The summed E-state index contributed by atoms with van der Waals surface area (Å²) < 4.78 is 5.40. The van der Waals surface area contributed by atoms with Crippen LogP contribution in [-0.2, 0) is 20.7 Å². The molecule has 0 bridgehead atoms. The van der Waals surface area contributed by atoms with Gasteiger partial charge in [-0.2, -0.15) is 0 Å². The molecule has 1 aromatic rings. The monoisotopic (exact) mass is 331 g/mol. The number of nitrogens with zero attached hydrogens (tertiary/aromatic N) is 1. The van der Waals surface area contributed by atoms with Crippen molar-refractivity contribution in [1.82, 2.24) is 4.90 Å². The fourth-order valence-corrected chi connectivity index (χ4v) is 3.90. The van der Waals surface area contributed by atoms with E-state index in [-0.39, 0.29) is 30.8 Å². The zero-order valence-electron chi connectivity index (χ0n) is 13.9. The molecule has 24 heavy (non-hydrogen) atoms. The van der Waals surface area contributed by atoms with Crippen molar-refractivity contribution in [2.75, 3.05) is 19.8 Å².